The van der Waals surface area contributed by atoms with E-state index in [4.69, 9.17) is 9.97 Å². The zero-order chi connectivity index (χ0) is 51.8. The van der Waals surface area contributed by atoms with Crippen LogP contribution < -0.4 is 4.90 Å². The number of aryl methyl sites for hydroxylation is 1. The molecule has 15 rings (SSSR count). The Bertz CT molecular complexity index is 4140. The standard InChI is InChI=1S/C75H51N3/c1-50-38-44-57(45-39-50)78(58-46-40-55(41-47-58)74(53-26-10-4-11-27-53)64-34-18-14-30-60(64)72-70(74)68(51-22-6-2-7-23-51)62-32-16-20-36-66(62)76-72)59-48-42-56(43-49-59)75(54-28-12-5-13-29-54)65-35-19-15-31-61(65)73-71(75)69(52-24-8-3-9-25-52)63-33-17-21-37-67(63)77-73/h2-49H,1H3. The molecule has 2 aliphatic rings. The minimum absolute atomic E-state index is 0.692. The second-order valence-electron chi connectivity index (χ2n) is 20.8. The van der Waals surface area contributed by atoms with Crippen LogP contribution in [0.1, 0.15) is 50.1 Å². The van der Waals surface area contributed by atoms with Gasteiger partial charge in [-0.05, 0) is 111 Å². The van der Waals surface area contributed by atoms with Crippen molar-refractivity contribution in [2.45, 2.75) is 17.8 Å². The lowest BCUT2D eigenvalue weighted by Gasteiger charge is -2.36. The predicted octanol–water partition coefficient (Wildman–Crippen LogP) is 18.6. The normalized spacial score (nSPS) is 15.9. The molecule has 0 aliphatic heterocycles. The molecule has 0 radical (unpaired) electrons. The van der Waals surface area contributed by atoms with Gasteiger partial charge in [0.2, 0.25) is 0 Å². The van der Waals surface area contributed by atoms with Crippen LogP contribution in [0.25, 0.3) is 66.6 Å². The van der Waals surface area contributed by atoms with Crippen LogP contribution in [-0.2, 0) is 10.8 Å². The molecule has 0 saturated heterocycles. The molecule has 0 bridgehead atoms. The maximum atomic E-state index is 5.57. The number of nitrogens with zero attached hydrogens (tertiary/aromatic N) is 3. The zero-order valence-corrected chi connectivity index (χ0v) is 43.1. The summed E-state index contributed by atoms with van der Waals surface area (Å²) >= 11 is 0. The molecule has 2 aliphatic carbocycles. The Kier molecular flexibility index (Phi) is 10.6. The molecule has 0 spiro atoms. The second kappa shape index (κ2) is 18.1. The van der Waals surface area contributed by atoms with Gasteiger partial charge in [0.1, 0.15) is 0 Å². The number of para-hydroxylation sites is 2. The first-order chi connectivity index (χ1) is 38.6. The van der Waals surface area contributed by atoms with Crippen molar-refractivity contribution in [2.24, 2.45) is 0 Å². The van der Waals surface area contributed by atoms with E-state index in [-0.39, 0.29) is 0 Å². The molecule has 3 heteroatoms. The Morgan fingerprint density at radius 1 is 0.295 bits per heavy atom. The number of hydrogen-bond donors (Lipinski definition) is 0. The van der Waals surface area contributed by atoms with Crippen molar-refractivity contribution in [3.8, 4) is 44.8 Å². The van der Waals surface area contributed by atoms with Crippen LogP contribution in [-0.4, -0.2) is 9.97 Å². The van der Waals surface area contributed by atoms with Gasteiger partial charge in [0, 0.05) is 50.1 Å². The van der Waals surface area contributed by atoms with Crippen LogP contribution in [0.3, 0.4) is 0 Å². The van der Waals surface area contributed by atoms with Gasteiger partial charge in [0.25, 0.3) is 0 Å². The van der Waals surface area contributed by atoms with Gasteiger partial charge in [0.15, 0.2) is 0 Å². The topological polar surface area (TPSA) is 29.0 Å². The summed E-state index contributed by atoms with van der Waals surface area (Å²) in [6.07, 6.45) is 0. The maximum Gasteiger partial charge on any atom is 0.0767 e. The van der Waals surface area contributed by atoms with Gasteiger partial charge >= 0.3 is 0 Å². The van der Waals surface area contributed by atoms with Crippen LogP contribution in [0.15, 0.2) is 291 Å². The fraction of sp³-hybridized carbons (Fsp3) is 0.0400. The zero-order valence-electron chi connectivity index (χ0n) is 43.1. The maximum absolute atomic E-state index is 5.57. The van der Waals surface area contributed by atoms with Crippen molar-refractivity contribution in [2.75, 3.05) is 4.90 Å². The van der Waals surface area contributed by atoms with Crippen molar-refractivity contribution >= 4 is 38.9 Å². The van der Waals surface area contributed by atoms with E-state index >= 15 is 0 Å². The van der Waals surface area contributed by atoms with E-state index in [9.17, 15) is 0 Å². The van der Waals surface area contributed by atoms with Gasteiger partial charge in [-0.2, -0.15) is 0 Å². The second-order valence-corrected chi connectivity index (χ2v) is 20.8. The van der Waals surface area contributed by atoms with E-state index in [0.717, 1.165) is 61.4 Å². The lowest BCUT2D eigenvalue weighted by atomic mass is 9.66. The van der Waals surface area contributed by atoms with E-state index in [1.54, 1.807) is 0 Å². The van der Waals surface area contributed by atoms with Crippen molar-refractivity contribution in [3.63, 3.8) is 0 Å². The molecule has 2 unspecified atom stereocenters. The lowest BCUT2D eigenvalue weighted by Crippen LogP contribution is -2.29. The summed E-state index contributed by atoms with van der Waals surface area (Å²) in [6.45, 7) is 2.15. The van der Waals surface area contributed by atoms with E-state index in [2.05, 4.69) is 303 Å². The molecule has 2 atom stereocenters. The van der Waals surface area contributed by atoms with E-state index < -0.39 is 10.8 Å². The molecule has 13 aromatic rings. The van der Waals surface area contributed by atoms with Gasteiger partial charge in [-0.15, -0.1) is 0 Å². The summed E-state index contributed by atoms with van der Waals surface area (Å²) in [5.74, 6) is 0. The number of fused-ring (bicyclic) bond motifs is 8. The molecule has 78 heavy (non-hydrogen) atoms. The van der Waals surface area contributed by atoms with Crippen molar-refractivity contribution < 1.29 is 0 Å². The highest BCUT2D eigenvalue weighted by Crippen LogP contribution is 2.61. The van der Waals surface area contributed by atoms with Gasteiger partial charge in [-0.1, -0.05) is 248 Å². The number of rotatable bonds is 9. The minimum atomic E-state index is -0.692. The summed E-state index contributed by atoms with van der Waals surface area (Å²) in [7, 11) is 0. The Balaban J connectivity index is 0.939. The molecule has 2 heterocycles. The highest BCUT2D eigenvalue weighted by molar-refractivity contribution is 6.05. The van der Waals surface area contributed by atoms with Gasteiger partial charge < -0.3 is 4.90 Å². The molecule has 3 nitrogen and oxygen atoms in total. The first kappa shape index (κ1) is 45.4. The summed E-state index contributed by atoms with van der Waals surface area (Å²) in [5, 5.41) is 2.28. The minimum Gasteiger partial charge on any atom is -0.311 e. The largest absolute Gasteiger partial charge is 0.311 e. The SMILES string of the molecule is Cc1ccc(N(c2ccc(C3(c4ccccc4)c4ccccc4-c4nc5ccccc5c(-c5ccccc5)c43)cc2)c2ccc(C3(c4ccccc4)c4ccccc4-c4nc5ccccc5c(-c5ccccc5)c43)cc2)cc1. The van der Waals surface area contributed by atoms with E-state index in [1.165, 1.54) is 72.3 Å². The Morgan fingerprint density at radius 2 is 0.615 bits per heavy atom. The quantitative estimate of drug-likeness (QED) is 0.144. The first-order valence-electron chi connectivity index (χ1n) is 27.0. The highest BCUT2D eigenvalue weighted by Gasteiger charge is 2.51. The van der Waals surface area contributed by atoms with Crippen LogP contribution in [0.4, 0.5) is 17.1 Å². The van der Waals surface area contributed by atoms with Crippen molar-refractivity contribution in [1.29, 1.82) is 0 Å². The first-order valence-corrected chi connectivity index (χ1v) is 27.0. The molecule has 366 valence electrons. The smallest absolute Gasteiger partial charge is 0.0767 e. The van der Waals surface area contributed by atoms with Crippen LogP contribution in [0.2, 0.25) is 0 Å². The van der Waals surface area contributed by atoms with Gasteiger partial charge in [-0.25, -0.2) is 9.97 Å². The van der Waals surface area contributed by atoms with Gasteiger partial charge in [-0.3, -0.25) is 0 Å². The molecule has 2 aromatic heterocycles. The summed E-state index contributed by atoms with van der Waals surface area (Å²) in [5.41, 5.74) is 23.7. The fourth-order valence-electron chi connectivity index (χ4n) is 13.4. The molecular formula is C75H51N3. The Labute approximate surface area is 455 Å². The van der Waals surface area contributed by atoms with Crippen molar-refractivity contribution in [3.05, 3.63) is 341 Å². The van der Waals surface area contributed by atoms with E-state index in [1.807, 2.05) is 0 Å². The average molecular weight is 994 g/mol. The van der Waals surface area contributed by atoms with Crippen molar-refractivity contribution in [1.82, 2.24) is 9.97 Å². The molecule has 0 saturated carbocycles. The average Bonchev–Trinajstić information content (AvgIpc) is 3.79. The lowest BCUT2D eigenvalue weighted by molar-refractivity contribution is 0.769. The number of pyridine rings is 2. The summed E-state index contributed by atoms with van der Waals surface area (Å²) < 4.78 is 0. The van der Waals surface area contributed by atoms with Gasteiger partial charge in [0.05, 0.1) is 33.3 Å². The molecule has 11 aromatic carbocycles. The van der Waals surface area contributed by atoms with Crippen LogP contribution >= 0.6 is 0 Å². The highest BCUT2D eigenvalue weighted by atomic mass is 15.1. The molecular weight excluding hydrogens is 943 g/mol. The third-order valence-corrected chi connectivity index (χ3v) is 16.7. The monoisotopic (exact) mass is 993 g/mol. The van der Waals surface area contributed by atoms with Crippen LogP contribution in [0.5, 0.6) is 0 Å². The summed E-state index contributed by atoms with van der Waals surface area (Å²) in [6, 6.07) is 107. The summed E-state index contributed by atoms with van der Waals surface area (Å²) in [4.78, 5) is 13.5. The molecule has 0 fully saturated rings. The molecule has 0 N–H and O–H groups in total. The van der Waals surface area contributed by atoms with Crippen LogP contribution in [0, 0.1) is 6.92 Å². The number of aromatic nitrogens is 2. The number of benzene rings is 11. The number of anilines is 3. The third-order valence-electron chi connectivity index (χ3n) is 16.7. The Hall–Kier alpha value is -9.96. The number of hydrogen-bond acceptors (Lipinski definition) is 3. The Morgan fingerprint density at radius 3 is 1.03 bits per heavy atom. The fourth-order valence-corrected chi connectivity index (χ4v) is 13.4. The predicted molar refractivity (Wildman–Crippen MR) is 322 cm³/mol. The molecule has 0 amide bonds. The third kappa shape index (κ3) is 6.71. The van der Waals surface area contributed by atoms with E-state index in [0.29, 0.717) is 0 Å².